The molecule has 2 aliphatic heterocycles. The maximum Gasteiger partial charge on any atom is 0.243 e. The number of nitrogens with zero attached hydrogens (tertiary/aromatic N) is 6. The van der Waals surface area contributed by atoms with Gasteiger partial charge in [-0.3, -0.25) is 29.2 Å². The number of aliphatic hydroxyl groups is 2. The maximum absolute atomic E-state index is 14.9. The summed E-state index contributed by atoms with van der Waals surface area (Å²) in [4.78, 5) is 47.4. The van der Waals surface area contributed by atoms with Crippen LogP contribution in [-0.2, 0) is 9.59 Å². The number of halogens is 5. The Bertz CT molecular complexity index is 2980. The molecule has 2 amide bonds. The van der Waals surface area contributed by atoms with Crippen LogP contribution in [0.4, 0.5) is 11.4 Å². The molecule has 7 aromatic rings. The number of ether oxygens (including phenoxy) is 2. The number of benzene rings is 5. The summed E-state index contributed by atoms with van der Waals surface area (Å²) in [6.45, 7) is 6.25. The number of rotatable bonds is 18. The van der Waals surface area contributed by atoms with Crippen molar-refractivity contribution in [2.75, 3.05) is 89.3 Å². The number of aromatic nitrogens is 2. The summed E-state index contributed by atoms with van der Waals surface area (Å²) in [5.74, 6) is 0.324. The smallest absolute Gasteiger partial charge is 0.243 e. The monoisotopic (exact) mass is 1110 g/mol. The van der Waals surface area contributed by atoms with Gasteiger partial charge in [-0.2, -0.15) is 0 Å². The van der Waals surface area contributed by atoms with E-state index in [0.717, 1.165) is 36.0 Å². The summed E-state index contributed by atoms with van der Waals surface area (Å²) in [5.41, 5.74) is 3.40. The number of fused-ring (bicyclic) bond motifs is 2. The van der Waals surface area contributed by atoms with Crippen LogP contribution in [0.15, 0.2) is 97.1 Å². The molecule has 14 nitrogen and oxygen atoms in total. The lowest BCUT2D eigenvalue weighted by molar-refractivity contribution is -0.134. The normalized spacial score (nSPS) is 16.9. The van der Waals surface area contributed by atoms with Gasteiger partial charge >= 0.3 is 0 Å². The Kier molecular flexibility index (Phi) is 17.4. The zero-order valence-corrected chi connectivity index (χ0v) is 44.4. The molecule has 5 aromatic carbocycles. The first-order chi connectivity index (χ1) is 34.7. The van der Waals surface area contributed by atoms with Gasteiger partial charge in [-0.05, 0) is 61.5 Å². The van der Waals surface area contributed by atoms with Crippen LogP contribution < -0.4 is 20.1 Å². The lowest BCUT2D eigenvalue weighted by atomic mass is 9.99. The van der Waals surface area contributed by atoms with Crippen LogP contribution in [-0.4, -0.2) is 155 Å². The first kappa shape index (κ1) is 52.5. The number of carbonyl (C=O) groups is 2. The van der Waals surface area contributed by atoms with Gasteiger partial charge in [0.1, 0.15) is 54.0 Å². The zero-order valence-electron chi connectivity index (χ0n) is 38.9. The number of nitrogens with one attached hydrogen (secondary N) is 2. The zero-order chi connectivity index (χ0) is 50.5. The lowest BCUT2D eigenvalue weighted by Crippen LogP contribution is -2.66. The number of aryl methyl sites for hydroxylation is 1. The lowest BCUT2D eigenvalue weighted by Gasteiger charge is -2.46. The number of aliphatic hydroxyl groups excluding tert-OH is 2. The van der Waals surface area contributed by atoms with Crippen LogP contribution in [0, 0.1) is 6.92 Å². The van der Waals surface area contributed by atoms with Crippen molar-refractivity contribution in [2.45, 2.75) is 31.2 Å². The average Bonchev–Trinajstić information content (AvgIpc) is 3.96. The van der Waals surface area contributed by atoms with Crippen LogP contribution in [0.2, 0.25) is 25.1 Å². The number of hydrogen-bond donors (Lipinski definition) is 4. The van der Waals surface area contributed by atoms with Crippen LogP contribution in [0.3, 0.4) is 0 Å². The molecular formula is C51H51Cl5N8O6S2. The van der Waals surface area contributed by atoms with Crippen molar-refractivity contribution >= 4 is 124 Å². The van der Waals surface area contributed by atoms with Crippen molar-refractivity contribution in [3.63, 3.8) is 0 Å². The van der Waals surface area contributed by atoms with Gasteiger partial charge in [0.25, 0.3) is 0 Å². The molecular weight excluding hydrogens is 1060 g/mol. The number of thiazole rings is 2. The average molecular weight is 1110 g/mol. The summed E-state index contributed by atoms with van der Waals surface area (Å²) in [6.07, 6.45) is -1.61. The molecule has 21 heteroatoms. The van der Waals surface area contributed by atoms with E-state index in [1.54, 1.807) is 40.9 Å². The summed E-state index contributed by atoms with van der Waals surface area (Å²) in [6, 6.07) is 27.2. The van der Waals surface area contributed by atoms with Crippen molar-refractivity contribution < 1.29 is 29.3 Å². The highest BCUT2D eigenvalue weighted by Crippen LogP contribution is 2.35. The number of hydrogen-bond acceptors (Lipinski definition) is 14. The van der Waals surface area contributed by atoms with Gasteiger partial charge in [0, 0.05) is 105 Å². The fourth-order valence-corrected chi connectivity index (χ4v) is 11.9. The second kappa shape index (κ2) is 23.9. The molecule has 0 aliphatic carbocycles. The fourth-order valence-electron chi connectivity index (χ4n) is 9.05. The van der Waals surface area contributed by atoms with Crippen LogP contribution in [0.5, 0.6) is 11.5 Å². The molecule has 0 bridgehead atoms. The molecule has 2 aromatic heterocycles. The Labute approximate surface area is 449 Å². The first-order valence-corrected chi connectivity index (χ1v) is 26.8. The highest BCUT2D eigenvalue weighted by atomic mass is 35.5. The molecule has 72 heavy (non-hydrogen) atoms. The topological polar surface area (TPSA) is 156 Å². The van der Waals surface area contributed by atoms with Crippen molar-refractivity contribution in [3.8, 4) is 22.1 Å². The van der Waals surface area contributed by atoms with E-state index in [9.17, 15) is 19.8 Å². The number of amides is 2. The predicted octanol–water partition coefficient (Wildman–Crippen LogP) is 9.58. The Hall–Kier alpha value is -4.37. The maximum atomic E-state index is 14.9. The highest BCUT2D eigenvalue weighted by Gasteiger charge is 2.44. The molecule has 2 fully saturated rings. The second-order valence-electron chi connectivity index (χ2n) is 17.8. The third-order valence-electron chi connectivity index (χ3n) is 12.5. The Morgan fingerprint density at radius 2 is 1.08 bits per heavy atom. The summed E-state index contributed by atoms with van der Waals surface area (Å²) < 4.78 is 14.2. The summed E-state index contributed by atoms with van der Waals surface area (Å²) in [5, 5.41) is 31.3. The second-order valence-corrected chi connectivity index (χ2v) is 22.1. The van der Waals surface area contributed by atoms with E-state index < -0.39 is 36.1 Å². The minimum Gasteiger partial charge on any atom is -0.491 e. The predicted molar refractivity (Wildman–Crippen MR) is 291 cm³/mol. The summed E-state index contributed by atoms with van der Waals surface area (Å²) >= 11 is 35.1. The Balaban J connectivity index is 0.886. The number of β-amino-alcohol motifs (C(OH)–C–C–N with tert-alkyl or cyclic N) is 2. The molecule has 0 saturated carbocycles. The van der Waals surface area contributed by atoms with Crippen molar-refractivity contribution in [3.05, 3.63) is 127 Å². The molecule has 2 saturated heterocycles. The van der Waals surface area contributed by atoms with E-state index in [1.807, 2.05) is 83.5 Å². The summed E-state index contributed by atoms with van der Waals surface area (Å²) in [7, 11) is 0. The van der Waals surface area contributed by atoms with Gasteiger partial charge in [-0.15, -0.1) is 22.7 Å². The van der Waals surface area contributed by atoms with Crippen LogP contribution in [0.25, 0.3) is 31.0 Å². The molecule has 378 valence electrons. The largest absolute Gasteiger partial charge is 0.491 e. The molecule has 4 heterocycles. The SMILES string of the molecule is Cc1nc2cc(OCC(O)CN3CCN(C(C(=O)Nc4cc(Cl)c(Cl)c(Cl)c4)C(C(=O)Nc4cc(Cl)cc(Cl)c4)N4CCN(CC(O)COc5ccc6sc(-c7ccccc7)nc6c5)CC4)CC3)ccc2s1. The van der Waals surface area contributed by atoms with E-state index in [1.165, 1.54) is 12.1 Å². The molecule has 9 rings (SSSR count). The standard InChI is InChI=1S/C51H51Cl5N8O6S2/c1-30-57-42-24-38(7-9-44(42)71-30)69-28-36(65)26-62-13-17-64(18-14-62)48(50(68)59-35-22-40(54)46(56)41(55)23-35)47(49(67)58-34-20-32(52)19-33(53)21-34)63-15-11-61(12-16-63)27-37(66)29-70-39-8-10-45-43(25-39)60-51(72-45)31-5-3-2-4-6-31/h2-10,19-25,36-37,47-48,65-66H,11-18,26-29H2,1H3,(H,58,67)(H,59,68). The fraction of sp³-hybridized carbons (Fsp3) is 0.333. The van der Waals surface area contributed by atoms with Gasteiger partial charge < -0.3 is 30.3 Å². The third-order valence-corrected chi connectivity index (χ3v) is 16.2. The molecule has 0 radical (unpaired) electrons. The third kappa shape index (κ3) is 13.3. The molecule has 0 spiro atoms. The number of anilines is 2. The molecule has 4 atom stereocenters. The van der Waals surface area contributed by atoms with E-state index in [-0.39, 0.29) is 28.3 Å². The Morgan fingerprint density at radius 3 is 1.60 bits per heavy atom. The van der Waals surface area contributed by atoms with Gasteiger partial charge in [-0.1, -0.05) is 88.3 Å². The van der Waals surface area contributed by atoms with Crippen molar-refractivity contribution in [1.82, 2.24) is 29.6 Å². The van der Waals surface area contributed by atoms with E-state index in [0.29, 0.717) is 98.4 Å². The van der Waals surface area contributed by atoms with Crippen LogP contribution in [0.1, 0.15) is 5.01 Å². The van der Waals surface area contributed by atoms with E-state index >= 15 is 0 Å². The number of carbonyl (C=O) groups excluding carboxylic acids is 2. The minimum atomic E-state index is -1.04. The van der Waals surface area contributed by atoms with E-state index in [4.69, 9.17) is 72.5 Å². The number of piperazine rings is 2. The van der Waals surface area contributed by atoms with Crippen LogP contribution >= 0.6 is 80.7 Å². The molecule has 4 N–H and O–H groups in total. The molecule has 4 unspecified atom stereocenters. The van der Waals surface area contributed by atoms with Crippen molar-refractivity contribution in [2.24, 2.45) is 0 Å². The quantitative estimate of drug-likeness (QED) is 0.0605. The van der Waals surface area contributed by atoms with Gasteiger partial charge in [0.05, 0.1) is 40.5 Å². The van der Waals surface area contributed by atoms with Crippen molar-refractivity contribution in [1.29, 1.82) is 0 Å². The first-order valence-electron chi connectivity index (χ1n) is 23.3. The Morgan fingerprint density at radius 1 is 0.611 bits per heavy atom. The van der Waals surface area contributed by atoms with Gasteiger partial charge in [-0.25, -0.2) is 9.97 Å². The van der Waals surface area contributed by atoms with E-state index in [2.05, 4.69) is 25.4 Å². The van der Waals surface area contributed by atoms with Gasteiger partial charge in [0.2, 0.25) is 11.8 Å². The minimum absolute atomic E-state index is 0.0643. The van der Waals surface area contributed by atoms with Gasteiger partial charge in [0.15, 0.2) is 0 Å². The molecule has 2 aliphatic rings. The highest BCUT2D eigenvalue weighted by molar-refractivity contribution is 7.21.